The molecule has 7 heteroatoms. The molecule has 3 aromatic rings. The van der Waals surface area contributed by atoms with Gasteiger partial charge in [-0.15, -0.1) is 0 Å². The molecule has 42 heavy (non-hydrogen) atoms. The number of carbonyl (C=O) groups is 4. The standard InChI is InChI=1S/C35H43N3O4/c1-23(2)20-30(36-32(40)26-14-16-29(17-15-26)35(4,5)6)34(42)38-19-9-18-37(22-31(39)24(38)3)33(41)28-13-12-25-10-7-8-11-27(25)21-28/h7-8,10-17,21,23-24,30H,9,18-20,22H2,1-6H3,(H,36,40). The number of hydrogen-bond donors (Lipinski definition) is 1. The molecule has 0 aliphatic carbocycles. The van der Waals surface area contributed by atoms with Crippen LogP contribution in [-0.4, -0.2) is 65.0 Å². The number of rotatable bonds is 6. The smallest absolute Gasteiger partial charge is 0.254 e. The van der Waals surface area contributed by atoms with E-state index in [-0.39, 0.29) is 41.4 Å². The number of carbonyl (C=O) groups excluding carboxylic acids is 4. The van der Waals surface area contributed by atoms with Crippen molar-refractivity contribution in [2.24, 2.45) is 5.92 Å². The number of nitrogens with one attached hydrogen (secondary N) is 1. The minimum Gasteiger partial charge on any atom is -0.340 e. The highest BCUT2D eigenvalue weighted by Gasteiger charge is 2.35. The van der Waals surface area contributed by atoms with Gasteiger partial charge in [0.15, 0.2) is 5.78 Å². The van der Waals surface area contributed by atoms with Crippen molar-refractivity contribution in [1.29, 1.82) is 0 Å². The molecule has 1 N–H and O–H groups in total. The molecule has 0 aromatic heterocycles. The highest BCUT2D eigenvalue weighted by molar-refractivity contribution is 6.02. The Bertz CT molecular complexity index is 1460. The molecule has 3 amide bonds. The van der Waals surface area contributed by atoms with Crippen LogP contribution in [0.3, 0.4) is 0 Å². The number of nitrogens with zero attached hydrogens (tertiary/aromatic N) is 2. The number of amides is 3. The van der Waals surface area contributed by atoms with Crippen molar-refractivity contribution < 1.29 is 19.2 Å². The monoisotopic (exact) mass is 569 g/mol. The van der Waals surface area contributed by atoms with E-state index < -0.39 is 12.1 Å². The van der Waals surface area contributed by atoms with Gasteiger partial charge in [-0.3, -0.25) is 19.2 Å². The Kier molecular flexibility index (Phi) is 9.50. The Balaban J connectivity index is 1.46. The zero-order valence-electron chi connectivity index (χ0n) is 25.6. The zero-order chi connectivity index (χ0) is 30.6. The molecule has 4 rings (SSSR count). The van der Waals surface area contributed by atoms with Gasteiger partial charge in [0.25, 0.3) is 11.8 Å². The fraction of sp³-hybridized carbons (Fsp3) is 0.429. The molecule has 1 saturated heterocycles. The molecule has 2 atom stereocenters. The second-order valence-corrected chi connectivity index (χ2v) is 12.8. The van der Waals surface area contributed by atoms with Gasteiger partial charge in [0.05, 0.1) is 12.6 Å². The van der Waals surface area contributed by atoms with Crippen molar-refractivity contribution in [2.75, 3.05) is 19.6 Å². The van der Waals surface area contributed by atoms with Crippen LogP contribution in [0, 0.1) is 5.92 Å². The summed E-state index contributed by atoms with van der Waals surface area (Å²) in [6, 6.07) is 19.4. The number of benzene rings is 3. The van der Waals surface area contributed by atoms with E-state index in [0.717, 1.165) is 16.3 Å². The third kappa shape index (κ3) is 7.25. The predicted molar refractivity (Wildman–Crippen MR) is 167 cm³/mol. The van der Waals surface area contributed by atoms with Crippen molar-refractivity contribution in [3.63, 3.8) is 0 Å². The average molecular weight is 570 g/mol. The molecular formula is C35H43N3O4. The first kappa shape index (κ1) is 30.9. The van der Waals surface area contributed by atoms with Crippen LogP contribution in [0.4, 0.5) is 0 Å². The predicted octanol–water partition coefficient (Wildman–Crippen LogP) is 5.61. The van der Waals surface area contributed by atoms with Gasteiger partial charge in [-0.25, -0.2) is 0 Å². The first-order valence-electron chi connectivity index (χ1n) is 14.9. The van der Waals surface area contributed by atoms with Gasteiger partial charge in [0.2, 0.25) is 5.91 Å². The van der Waals surface area contributed by atoms with E-state index in [1.807, 2.05) is 62.4 Å². The summed E-state index contributed by atoms with van der Waals surface area (Å²) in [5.41, 5.74) is 2.12. The molecule has 1 heterocycles. The largest absolute Gasteiger partial charge is 0.340 e. The fourth-order valence-corrected chi connectivity index (χ4v) is 5.43. The molecule has 1 aliphatic heterocycles. The Hall–Kier alpha value is -4.00. The molecule has 1 aliphatic rings. The van der Waals surface area contributed by atoms with Gasteiger partial charge < -0.3 is 15.1 Å². The van der Waals surface area contributed by atoms with Gasteiger partial charge >= 0.3 is 0 Å². The van der Waals surface area contributed by atoms with Gasteiger partial charge in [-0.05, 0) is 71.7 Å². The lowest BCUT2D eigenvalue weighted by Crippen LogP contribution is -2.56. The molecule has 0 saturated carbocycles. The number of hydrogen-bond acceptors (Lipinski definition) is 4. The Morgan fingerprint density at radius 1 is 0.905 bits per heavy atom. The third-order valence-corrected chi connectivity index (χ3v) is 8.00. The molecular weight excluding hydrogens is 526 g/mol. The molecule has 0 radical (unpaired) electrons. The summed E-state index contributed by atoms with van der Waals surface area (Å²) >= 11 is 0. The minimum absolute atomic E-state index is 0.0328. The second-order valence-electron chi connectivity index (χ2n) is 12.8. The van der Waals surface area contributed by atoms with E-state index in [2.05, 4.69) is 26.1 Å². The maximum atomic E-state index is 13.8. The van der Waals surface area contributed by atoms with E-state index in [4.69, 9.17) is 0 Å². The number of ketones is 1. The Labute approximate surface area is 249 Å². The summed E-state index contributed by atoms with van der Waals surface area (Å²) in [5, 5.41) is 4.96. The van der Waals surface area contributed by atoms with E-state index in [1.165, 1.54) is 0 Å². The quantitative estimate of drug-likeness (QED) is 0.418. The van der Waals surface area contributed by atoms with Crippen LogP contribution in [0.1, 0.15) is 80.7 Å². The Morgan fingerprint density at radius 2 is 1.55 bits per heavy atom. The van der Waals surface area contributed by atoms with Crippen LogP contribution in [0.25, 0.3) is 10.8 Å². The van der Waals surface area contributed by atoms with Gasteiger partial charge in [0, 0.05) is 24.2 Å². The van der Waals surface area contributed by atoms with E-state index in [0.29, 0.717) is 37.1 Å². The molecule has 222 valence electrons. The number of fused-ring (bicyclic) bond motifs is 1. The van der Waals surface area contributed by atoms with E-state index in [9.17, 15) is 19.2 Å². The topological polar surface area (TPSA) is 86.8 Å². The first-order chi connectivity index (χ1) is 19.8. The van der Waals surface area contributed by atoms with Crippen LogP contribution in [0.5, 0.6) is 0 Å². The highest BCUT2D eigenvalue weighted by atomic mass is 16.2. The van der Waals surface area contributed by atoms with Crippen molar-refractivity contribution in [2.45, 2.75) is 71.9 Å². The molecule has 3 aromatic carbocycles. The maximum absolute atomic E-state index is 13.8. The van der Waals surface area contributed by atoms with E-state index in [1.54, 1.807) is 34.9 Å². The van der Waals surface area contributed by atoms with Gasteiger partial charge in [-0.2, -0.15) is 0 Å². The molecule has 0 bridgehead atoms. The van der Waals surface area contributed by atoms with Crippen molar-refractivity contribution in [3.05, 3.63) is 83.4 Å². The normalized spacial score (nSPS) is 17.1. The lowest BCUT2D eigenvalue weighted by atomic mass is 9.86. The van der Waals surface area contributed by atoms with Crippen molar-refractivity contribution in [1.82, 2.24) is 15.1 Å². The summed E-state index contributed by atoms with van der Waals surface area (Å²) in [4.78, 5) is 57.0. The molecule has 1 fully saturated rings. The van der Waals surface area contributed by atoms with Gasteiger partial charge in [0.1, 0.15) is 6.04 Å². The molecule has 0 spiro atoms. The fourth-order valence-electron chi connectivity index (χ4n) is 5.43. The summed E-state index contributed by atoms with van der Waals surface area (Å²) in [7, 11) is 0. The van der Waals surface area contributed by atoms with Gasteiger partial charge in [-0.1, -0.05) is 77.1 Å². The molecule has 2 unspecified atom stereocenters. The van der Waals surface area contributed by atoms with Crippen LogP contribution in [0.2, 0.25) is 0 Å². The average Bonchev–Trinajstić information content (AvgIpc) is 2.95. The lowest BCUT2D eigenvalue weighted by molar-refractivity contribution is -0.142. The summed E-state index contributed by atoms with van der Waals surface area (Å²) in [6.45, 7) is 12.7. The minimum atomic E-state index is -0.759. The van der Waals surface area contributed by atoms with Crippen LogP contribution in [0.15, 0.2) is 66.7 Å². The summed E-state index contributed by atoms with van der Waals surface area (Å²) < 4.78 is 0. The SMILES string of the molecule is CC(C)CC(NC(=O)c1ccc(C(C)(C)C)cc1)C(=O)N1CCCN(C(=O)c2ccc3ccccc3c2)CC(=O)C1C. The van der Waals surface area contributed by atoms with Crippen molar-refractivity contribution >= 4 is 34.3 Å². The zero-order valence-corrected chi connectivity index (χ0v) is 25.6. The second kappa shape index (κ2) is 12.9. The van der Waals surface area contributed by atoms with E-state index >= 15 is 0 Å². The summed E-state index contributed by atoms with van der Waals surface area (Å²) in [5.74, 6) is -0.822. The maximum Gasteiger partial charge on any atom is 0.254 e. The van der Waals surface area contributed by atoms with Crippen molar-refractivity contribution in [3.8, 4) is 0 Å². The van der Waals surface area contributed by atoms with Crippen LogP contribution >= 0.6 is 0 Å². The van der Waals surface area contributed by atoms with Crippen LogP contribution < -0.4 is 5.32 Å². The molecule has 7 nitrogen and oxygen atoms in total. The lowest BCUT2D eigenvalue weighted by Gasteiger charge is -2.36. The highest BCUT2D eigenvalue weighted by Crippen LogP contribution is 2.23. The first-order valence-corrected chi connectivity index (χ1v) is 14.9. The third-order valence-electron chi connectivity index (χ3n) is 8.00. The number of Topliss-reactive ketones (excluding diaryl/α,β-unsaturated/α-hetero) is 1. The van der Waals surface area contributed by atoms with Crippen LogP contribution in [-0.2, 0) is 15.0 Å². The summed E-state index contributed by atoms with van der Waals surface area (Å²) in [6.07, 6.45) is 0.980. The Morgan fingerprint density at radius 3 is 2.19 bits per heavy atom.